The van der Waals surface area contributed by atoms with Gasteiger partial charge in [0.2, 0.25) is 0 Å². The van der Waals surface area contributed by atoms with Crippen LogP contribution >= 0.6 is 0 Å². The molecule has 3 saturated carbocycles. The summed E-state index contributed by atoms with van der Waals surface area (Å²) < 4.78 is 0. The molecule has 0 nitrogen and oxygen atoms in total. The minimum absolute atomic E-state index is 1.01. The first-order valence-electron chi connectivity index (χ1n) is 10.7. The van der Waals surface area contributed by atoms with E-state index in [1.165, 1.54) is 32.1 Å². The Labute approximate surface area is 139 Å². The van der Waals surface area contributed by atoms with Gasteiger partial charge in [0.15, 0.2) is 0 Å². The Morgan fingerprint density at radius 1 is 0.500 bits per heavy atom. The molecule has 0 radical (unpaired) electrons. The summed E-state index contributed by atoms with van der Waals surface area (Å²) in [5.41, 5.74) is 0. The van der Waals surface area contributed by atoms with Gasteiger partial charge in [0.05, 0.1) is 0 Å². The fraction of sp³-hybridized carbons (Fsp3) is 1.00. The molecule has 3 fully saturated rings. The first-order valence-corrected chi connectivity index (χ1v) is 10.7. The number of rotatable bonds is 3. The second-order valence-electron chi connectivity index (χ2n) is 9.52. The third-order valence-corrected chi connectivity index (χ3v) is 7.66. The van der Waals surface area contributed by atoms with Crippen molar-refractivity contribution >= 4 is 0 Å². The Balaban J connectivity index is 1.38. The van der Waals surface area contributed by atoms with Crippen molar-refractivity contribution in [2.24, 2.45) is 35.5 Å². The summed E-state index contributed by atoms with van der Waals surface area (Å²) in [6.07, 6.45) is 21.6. The maximum Gasteiger partial charge on any atom is -0.0386 e. The van der Waals surface area contributed by atoms with Gasteiger partial charge in [0, 0.05) is 0 Å². The van der Waals surface area contributed by atoms with Crippen molar-refractivity contribution in [3.05, 3.63) is 0 Å². The van der Waals surface area contributed by atoms with Crippen molar-refractivity contribution in [1.82, 2.24) is 0 Å². The van der Waals surface area contributed by atoms with Gasteiger partial charge in [-0.25, -0.2) is 0 Å². The summed E-state index contributed by atoms with van der Waals surface area (Å²) in [5, 5.41) is 0. The van der Waals surface area contributed by atoms with Gasteiger partial charge in [0.1, 0.15) is 0 Å². The average molecular weight is 305 g/mol. The molecule has 2 atom stereocenters. The van der Waals surface area contributed by atoms with E-state index in [9.17, 15) is 0 Å². The molecule has 3 rings (SSSR count). The summed E-state index contributed by atoms with van der Waals surface area (Å²) in [4.78, 5) is 0. The molecular weight excluding hydrogens is 264 g/mol. The molecule has 2 unspecified atom stereocenters. The Hall–Kier alpha value is 0. The van der Waals surface area contributed by atoms with Crippen LogP contribution < -0.4 is 0 Å². The predicted molar refractivity (Wildman–Crippen MR) is 96.9 cm³/mol. The Kier molecular flexibility index (Phi) is 6.28. The molecule has 0 bridgehead atoms. The molecule has 0 N–H and O–H groups in total. The highest BCUT2D eigenvalue weighted by Crippen LogP contribution is 2.43. The molecule has 0 heteroatoms. The van der Waals surface area contributed by atoms with Crippen molar-refractivity contribution < 1.29 is 0 Å². The van der Waals surface area contributed by atoms with Crippen LogP contribution in [0, 0.1) is 35.5 Å². The lowest BCUT2D eigenvalue weighted by atomic mass is 9.70. The van der Waals surface area contributed by atoms with Crippen LogP contribution in [0.4, 0.5) is 0 Å². The maximum atomic E-state index is 2.48. The normalized spacial score (nSPS) is 44.5. The zero-order valence-corrected chi connectivity index (χ0v) is 15.4. The molecule has 0 aromatic carbocycles. The Bertz CT molecular complexity index is 304. The van der Waals surface area contributed by atoms with Crippen molar-refractivity contribution in [2.45, 2.75) is 104 Å². The fourth-order valence-corrected chi connectivity index (χ4v) is 5.92. The molecule has 0 spiro atoms. The van der Waals surface area contributed by atoms with Crippen molar-refractivity contribution in [2.75, 3.05) is 0 Å². The molecular formula is C22H40. The number of hydrogen-bond acceptors (Lipinski definition) is 0. The third-order valence-electron chi connectivity index (χ3n) is 7.66. The van der Waals surface area contributed by atoms with Crippen LogP contribution in [0.2, 0.25) is 0 Å². The van der Waals surface area contributed by atoms with E-state index in [4.69, 9.17) is 0 Å². The van der Waals surface area contributed by atoms with Gasteiger partial charge < -0.3 is 0 Å². The van der Waals surface area contributed by atoms with E-state index in [-0.39, 0.29) is 0 Å². The molecule has 3 aliphatic carbocycles. The summed E-state index contributed by atoms with van der Waals surface area (Å²) in [6, 6.07) is 0. The van der Waals surface area contributed by atoms with Crippen LogP contribution in [0.5, 0.6) is 0 Å². The lowest BCUT2D eigenvalue weighted by Crippen LogP contribution is -2.24. The third kappa shape index (κ3) is 4.75. The number of hydrogen-bond donors (Lipinski definition) is 0. The van der Waals surface area contributed by atoms with E-state index in [1.54, 1.807) is 57.8 Å². The van der Waals surface area contributed by atoms with Crippen LogP contribution in [0.3, 0.4) is 0 Å². The monoisotopic (exact) mass is 304 g/mol. The molecule has 22 heavy (non-hydrogen) atoms. The zero-order chi connectivity index (χ0) is 15.4. The first-order chi connectivity index (χ1) is 10.7. The topological polar surface area (TPSA) is 0 Å². The van der Waals surface area contributed by atoms with Gasteiger partial charge in [-0.05, 0) is 61.2 Å². The van der Waals surface area contributed by atoms with E-state index in [2.05, 4.69) is 13.8 Å². The molecule has 0 aromatic heterocycles. The standard InChI is InChI=1S/C22H40/c1-17-4-3-5-21(13-8-17)22-14-11-20(12-15-22)16-19-9-6-18(2)7-10-19/h17-22H,3-16H2,1-2H3. The molecule has 0 aromatic rings. The lowest BCUT2D eigenvalue weighted by Gasteiger charge is -2.36. The predicted octanol–water partition coefficient (Wildman–Crippen LogP) is 7.23. The van der Waals surface area contributed by atoms with Crippen molar-refractivity contribution in [3.8, 4) is 0 Å². The molecule has 128 valence electrons. The minimum atomic E-state index is 1.01. The average Bonchev–Trinajstić information content (AvgIpc) is 2.75. The zero-order valence-electron chi connectivity index (χ0n) is 15.4. The largest absolute Gasteiger partial charge is 0.0625 e. The van der Waals surface area contributed by atoms with E-state index in [1.807, 2.05) is 0 Å². The van der Waals surface area contributed by atoms with Crippen LogP contribution in [0.1, 0.15) is 104 Å². The quantitative estimate of drug-likeness (QED) is 0.482. The molecule has 3 aliphatic rings. The van der Waals surface area contributed by atoms with Crippen molar-refractivity contribution in [1.29, 1.82) is 0 Å². The summed E-state index contributed by atoms with van der Waals surface area (Å²) in [5.74, 6) is 6.42. The summed E-state index contributed by atoms with van der Waals surface area (Å²) >= 11 is 0. The van der Waals surface area contributed by atoms with Crippen LogP contribution in [0.25, 0.3) is 0 Å². The minimum Gasteiger partial charge on any atom is -0.0625 e. The highest BCUT2D eigenvalue weighted by Gasteiger charge is 2.30. The highest BCUT2D eigenvalue weighted by atomic mass is 14.4. The highest BCUT2D eigenvalue weighted by molar-refractivity contribution is 4.82. The smallest absolute Gasteiger partial charge is 0.0386 e. The SMILES string of the molecule is CC1CCC(CC2CCC(C3CCCC(C)CC3)CC2)CC1. The van der Waals surface area contributed by atoms with Crippen LogP contribution in [0.15, 0.2) is 0 Å². The summed E-state index contributed by atoms with van der Waals surface area (Å²) in [7, 11) is 0. The molecule has 0 amide bonds. The van der Waals surface area contributed by atoms with Crippen molar-refractivity contribution in [3.63, 3.8) is 0 Å². The van der Waals surface area contributed by atoms with E-state index in [0.717, 1.165) is 35.5 Å². The first kappa shape index (κ1) is 16.8. The van der Waals surface area contributed by atoms with E-state index in [0.29, 0.717) is 0 Å². The van der Waals surface area contributed by atoms with Gasteiger partial charge in [-0.1, -0.05) is 78.1 Å². The van der Waals surface area contributed by atoms with Gasteiger partial charge in [-0.15, -0.1) is 0 Å². The van der Waals surface area contributed by atoms with Gasteiger partial charge >= 0.3 is 0 Å². The Morgan fingerprint density at radius 2 is 0.955 bits per heavy atom. The lowest BCUT2D eigenvalue weighted by molar-refractivity contribution is 0.157. The Morgan fingerprint density at radius 3 is 1.64 bits per heavy atom. The molecule has 0 saturated heterocycles. The second kappa shape index (κ2) is 8.20. The van der Waals surface area contributed by atoms with E-state index < -0.39 is 0 Å². The maximum absolute atomic E-state index is 2.48. The van der Waals surface area contributed by atoms with Crippen LogP contribution in [-0.4, -0.2) is 0 Å². The van der Waals surface area contributed by atoms with Crippen LogP contribution in [-0.2, 0) is 0 Å². The fourth-order valence-electron chi connectivity index (χ4n) is 5.92. The second-order valence-corrected chi connectivity index (χ2v) is 9.52. The van der Waals surface area contributed by atoms with Gasteiger partial charge in [-0.3, -0.25) is 0 Å². The molecule has 0 aliphatic heterocycles. The van der Waals surface area contributed by atoms with Gasteiger partial charge in [-0.2, -0.15) is 0 Å². The summed E-state index contributed by atoms with van der Waals surface area (Å²) in [6.45, 7) is 4.93. The molecule has 0 heterocycles. The van der Waals surface area contributed by atoms with Gasteiger partial charge in [0.25, 0.3) is 0 Å². The van der Waals surface area contributed by atoms with E-state index >= 15 is 0 Å².